The number of aryl methyl sites for hydroxylation is 2. The third-order valence-electron chi connectivity index (χ3n) is 3.81. The van der Waals surface area contributed by atoms with Gasteiger partial charge in [-0.15, -0.1) is 0 Å². The summed E-state index contributed by atoms with van der Waals surface area (Å²) in [6, 6.07) is 6.77. The van der Waals surface area contributed by atoms with Gasteiger partial charge in [0.2, 0.25) is 0 Å². The summed E-state index contributed by atoms with van der Waals surface area (Å²) in [7, 11) is 2.22. The predicted octanol–water partition coefficient (Wildman–Crippen LogP) is 2.44. The van der Waals surface area contributed by atoms with Gasteiger partial charge in [0.1, 0.15) is 0 Å². The SMILES string of the molecule is Cc1ccc(C)c(C2(C)CN(C)CCCN2)c1. The van der Waals surface area contributed by atoms with Gasteiger partial charge in [-0.25, -0.2) is 0 Å². The largest absolute Gasteiger partial charge is 0.306 e. The summed E-state index contributed by atoms with van der Waals surface area (Å²) in [6.07, 6.45) is 1.23. The van der Waals surface area contributed by atoms with Crippen molar-refractivity contribution in [2.24, 2.45) is 0 Å². The molecule has 0 aliphatic carbocycles. The minimum absolute atomic E-state index is 0.0847. The number of benzene rings is 1. The highest BCUT2D eigenvalue weighted by Gasteiger charge is 2.30. The second kappa shape index (κ2) is 4.79. The van der Waals surface area contributed by atoms with Gasteiger partial charge in [-0.3, -0.25) is 0 Å². The first-order chi connectivity index (χ1) is 8.01. The average molecular weight is 232 g/mol. The molecule has 1 aliphatic heterocycles. The molecule has 2 rings (SSSR count). The number of nitrogens with zero attached hydrogens (tertiary/aromatic N) is 1. The summed E-state index contributed by atoms with van der Waals surface area (Å²) in [6.45, 7) is 10.1. The highest BCUT2D eigenvalue weighted by molar-refractivity contribution is 5.36. The average Bonchev–Trinajstić information content (AvgIpc) is 2.44. The topological polar surface area (TPSA) is 15.3 Å². The summed E-state index contributed by atoms with van der Waals surface area (Å²) < 4.78 is 0. The first-order valence-electron chi connectivity index (χ1n) is 6.52. The van der Waals surface area contributed by atoms with Crippen molar-refractivity contribution in [1.29, 1.82) is 0 Å². The lowest BCUT2D eigenvalue weighted by atomic mass is 9.87. The van der Waals surface area contributed by atoms with Gasteiger partial charge in [0.15, 0.2) is 0 Å². The molecule has 1 heterocycles. The van der Waals surface area contributed by atoms with Gasteiger partial charge < -0.3 is 10.2 Å². The lowest BCUT2D eigenvalue weighted by Gasteiger charge is -2.34. The van der Waals surface area contributed by atoms with E-state index in [1.807, 2.05) is 0 Å². The fraction of sp³-hybridized carbons (Fsp3) is 0.600. The van der Waals surface area contributed by atoms with Crippen LogP contribution in [-0.4, -0.2) is 31.6 Å². The van der Waals surface area contributed by atoms with Crippen LogP contribution in [0.3, 0.4) is 0 Å². The monoisotopic (exact) mass is 232 g/mol. The zero-order chi connectivity index (χ0) is 12.5. The second-order valence-electron chi connectivity index (χ2n) is 5.67. The van der Waals surface area contributed by atoms with E-state index in [4.69, 9.17) is 0 Å². The molecule has 0 aromatic heterocycles. The van der Waals surface area contributed by atoms with Gasteiger partial charge >= 0.3 is 0 Å². The van der Waals surface area contributed by atoms with E-state index in [9.17, 15) is 0 Å². The Morgan fingerprint density at radius 1 is 1.29 bits per heavy atom. The molecule has 1 fully saturated rings. The Hall–Kier alpha value is -0.860. The molecule has 0 radical (unpaired) electrons. The first kappa shape index (κ1) is 12.6. The highest BCUT2D eigenvalue weighted by Crippen LogP contribution is 2.27. The van der Waals surface area contributed by atoms with Gasteiger partial charge in [0.25, 0.3) is 0 Å². The minimum Gasteiger partial charge on any atom is -0.306 e. The number of rotatable bonds is 1. The molecule has 1 atom stereocenters. The van der Waals surface area contributed by atoms with Crippen molar-refractivity contribution >= 4 is 0 Å². The van der Waals surface area contributed by atoms with Crippen molar-refractivity contribution in [1.82, 2.24) is 10.2 Å². The normalized spacial score (nSPS) is 26.8. The molecule has 94 valence electrons. The van der Waals surface area contributed by atoms with Crippen molar-refractivity contribution in [3.05, 3.63) is 34.9 Å². The fourth-order valence-corrected chi connectivity index (χ4v) is 2.90. The molecular weight excluding hydrogens is 208 g/mol. The van der Waals surface area contributed by atoms with E-state index < -0.39 is 0 Å². The van der Waals surface area contributed by atoms with Crippen LogP contribution < -0.4 is 5.32 Å². The third-order valence-corrected chi connectivity index (χ3v) is 3.81. The zero-order valence-electron chi connectivity index (χ0n) is 11.5. The van der Waals surface area contributed by atoms with Crippen molar-refractivity contribution < 1.29 is 0 Å². The molecule has 1 N–H and O–H groups in total. The first-order valence-corrected chi connectivity index (χ1v) is 6.52. The number of hydrogen-bond acceptors (Lipinski definition) is 2. The van der Waals surface area contributed by atoms with Crippen LogP contribution in [0.4, 0.5) is 0 Å². The smallest absolute Gasteiger partial charge is 0.0537 e. The van der Waals surface area contributed by atoms with E-state index in [1.54, 1.807) is 0 Å². The molecule has 2 heteroatoms. The minimum atomic E-state index is 0.0847. The molecule has 1 aliphatic rings. The van der Waals surface area contributed by atoms with Crippen LogP contribution in [0.25, 0.3) is 0 Å². The van der Waals surface area contributed by atoms with Crippen molar-refractivity contribution in [2.45, 2.75) is 32.7 Å². The molecule has 2 nitrogen and oxygen atoms in total. The Labute approximate surface area is 105 Å². The molecular formula is C15H24N2. The molecule has 1 unspecified atom stereocenters. The Morgan fingerprint density at radius 2 is 2.06 bits per heavy atom. The van der Waals surface area contributed by atoms with Crippen LogP contribution in [-0.2, 0) is 5.54 Å². The van der Waals surface area contributed by atoms with E-state index in [-0.39, 0.29) is 5.54 Å². The lowest BCUT2D eigenvalue weighted by Crippen LogP contribution is -2.46. The summed E-state index contributed by atoms with van der Waals surface area (Å²) in [5.74, 6) is 0. The van der Waals surface area contributed by atoms with Crippen LogP contribution in [0.5, 0.6) is 0 Å². The maximum Gasteiger partial charge on any atom is 0.0537 e. The van der Waals surface area contributed by atoms with E-state index >= 15 is 0 Å². The molecule has 1 aromatic rings. The quantitative estimate of drug-likeness (QED) is 0.800. The molecule has 17 heavy (non-hydrogen) atoms. The van der Waals surface area contributed by atoms with Gasteiger partial charge in [-0.05, 0) is 58.5 Å². The van der Waals surface area contributed by atoms with Crippen LogP contribution in [0.2, 0.25) is 0 Å². The van der Waals surface area contributed by atoms with Crippen molar-refractivity contribution in [2.75, 3.05) is 26.7 Å². The Balaban J connectivity index is 2.38. The van der Waals surface area contributed by atoms with E-state index in [0.717, 1.165) is 13.1 Å². The van der Waals surface area contributed by atoms with Gasteiger partial charge in [0, 0.05) is 6.54 Å². The zero-order valence-corrected chi connectivity index (χ0v) is 11.5. The van der Waals surface area contributed by atoms with Crippen molar-refractivity contribution in [3.63, 3.8) is 0 Å². The molecule has 0 saturated carbocycles. The summed E-state index contributed by atoms with van der Waals surface area (Å²) >= 11 is 0. The van der Waals surface area contributed by atoms with E-state index in [0.29, 0.717) is 0 Å². The third kappa shape index (κ3) is 2.70. The van der Waals surface area contributed by atoms with E-state index in [2.05, 4.69) is 56.2 Å². The Bertz CT molecular complexity index is 400. The van der Waals surface area contributed by atoms with Gasteiger partial charge in [0.05, 0.1) is 5.54 Å². The summed E-state index contributed by atoms with van der Waals surface area (Å²) in [4.78, 5) is 2.43. The Morgan fingerprint density at radius 3 is 2.82 bits per heavy atom. The number of nitrogens with one attached hydrogen (secondary N) is 1. The number of hydrogen-bond donors (Lipinski definition) is 1. The predicted molar refractivity (Wildman–Crippen MR) is 73.4 cm³/mol. The number of likely N-dealkylation sites (N-methyl/N-ethyl adjacent to an activating group) is 1. The van der Waals surface area contributed by atoms with Crippen LogP contribution >= 0.6 is 0 Å². The molecule has 1 saturated heterocycles. The maximum atomic E-state index is 3.73. The molecule has 0 amide bonds. The van der Waals surface area contributed by atoms with Crippen LogP contribution in [0, 0.1) is 13.8 Å². The molecule has 0 spiro atoms. The lowest BCUT2D eigenvalue weighted by molar-refractivity contribution is 0.258. The fourth-order valence-electron chi connectivity index (χ4n) is 2.90. The van der Waals surface area contributed by atoms with Gasteiger partial charge in [-0.2, -0.15) is 0 Å². The highest BCUT2D eigenvalue weighted by atomic mass is 15.2. The van der Waals surface area contributed by atoms with E-state index in [1.165, 1.54) is 29.7 Å². The molecule has 1 aromatic carbocycles. The molecule has 0 bridgehead atoms. The summed E-state index contributed by atoms with van der Waals surface area (Å²) in [5, 5.41) is 3.73. The second-order valence-corrected chi connectivity index (χ2v) is 5.67. The summed E-state index contributed by atoms with van der Waals surface area (Å²) in [5.41, 5.74) is 4.27. The van der Waals surface area contributed by atoms with Crippen LogP contribution in [0.15, 0.2) is 18.2 Å². The Kier molecular flexibility index (Phi) is 3.55. The van der Waals surface area contributed by atoms with Crippen LogP contribution in [0.1, 0.15) is 30.0 Å². The van der Waals surface area contributed by atoms with Crippen molar-refractivity contribution in [3.8, 4) is 0 Å². The van der Waals surface area contributed by atoms with Gasteiger partial charge in [-0.1, -0.05) is 23.8 Å². The maximum absolute atomic E-state index is 3.73. The standard InChI is InChI=1S/C15H24N2/c1-12-6-7-13(2)14(10-12)15(3)11-17(4)9-5-8-16-15/h6-7,10,16H,5,8-9,11H2,1-4H3.